The zero-order chi connectivity index (χ0) is 21.1. The number of nitrogens with two attached hydrogens (primary N) is 1. The van der Waals surface area contributed by atoms with Crippen molar-refractivity contribution in [2.24, 2.45) is 0 Å². The predicted molar refractivity (Wildman–Crippen MR) is 92.9 cm³/mol. The van der Waals surface area contributed by atoms with Crippen molar-refractivity contribution < 1.29 is 32.4 Å². The molecule has 0 aromatic heterocycles. The van der Waals surface area contributed by atoms with Crippen LogP contribution < -0.4 is 11.1 Å². The second kappa shape index (κ2) is 8.13. The molecule has 0 bridgehead atoms. The largest absolute Gasteiger partial charge is 0.452 e. The van der Waals surface area contributed by atoms with Crippen molar-refractivity contribution in [2.45, 2.75) is 6.18 Å². The summed E-state index contributed by atoms with van der Waals surface area (Å²) in [4.78, 5) is 33.4. The first-order valence-corrected chi connectivity index (χ1v) is 7.74. The normalized spacial score (nSPS) is 11.0. The molecule has 0 unspecified atom stereocenters. The monoisotopic (exact) mass is 417 g/mol. The maximum Gasteiger partial charge on any atom is 0.418 e. The van der Waals surface area contributed by atoms with Gasteiger partial charge in [-0.05, 0) is 24.3 Å². The Bertz CT molecular complexity index is 950. The van der Waals surface area contributed by atoms with Crippen LogP contribution in [-0.4, -0.2) is 23.4 Å². The molecule has 0 heterocycles. The van der Waals surface area contributed by atoms with Crippen molar-refractivity contribution in [3.05, 3.63) is 62.7 Å². The fraction of sp³-hybridized carbons (Fsp3) is 0.125. The average Bonchev–Trinajstić information content (AvgIpc) is 2.61. The van der Waals surface area contributed by atoms with E-state index in [1.54, 1.807) is 0 Å². The third kappa shape index (κ3) is 5.10. The van der Waals surface area contributed by atoms with Crippen LogP contribution in [0.3, 0.4) is 0 Å². The topological polar surface area (TPSA) is 125 Å². The fourth-order valence-electron chi connectivity index (χ4n) is 2.09. The van der Waals surface area contributed by atoms with E-state index in [4.69, 9.17) is 22.1 Å². The third-order valence-corrected chi connectivity index (χ3v) is 3.60. The van der Waals surface area contributed by atoms with Crippen LogP contribution in [0, 0.1) is 10.1 Å². The van der Waals surface area contributed by atoms with Gasteiger partial charge in [0.25, 0.3) is 11.6 Å². The van der Waals surface area contributed by atoms with Crippen molar-refractivity contribution in [1.82, 2.24) is 0 Å². The number of hydrogen-bond donors (Lipinski definition) is 2. The van der Waals surface area contributed by atoms with Gasteiger partial charge in [-0.1, -0.05) is 11.6 Å². The molecule has 0 aliphatic heterocycles. The maximum atomic E-state index is 13.1. The van der Waals surface area contributed by atoms with Gasteiger partial charge in [0, 0.05) is 22.8 Å². The number of nitro benzene ring substituents is 1. The Morgan fingerprint density at radius 1 is 1.21 bits per heavy atom. The molecule has 0 aliphatic carbocycles. The SMILES string of the molecule is Nc1ccc(Cl)cc1C(=O)OCC(=O)Nc1ccc([N+](=O)[O-])cc1C(F)(F)F. The lowest BCUT2D eigenvalue weighted by molar-refractivity contribution is -0.385. The summed E-state index contributed by atoms with van der Waals surface area (Å²) >= 11 is 5.73. The molecule has 1 amide bonds. The lowest BCUT2D eigenvalue weighted by atomic mass is 10.1. The van der Waals surface area contributed by atoms with Gasteiger partial charge in [-0.15, -0.1) is 0 Å². The van der Waals surface area contributed by atoms with E-state index in [0.29, 0.717) is 0 Å². The molecule has 0 atom stereocenters. The Labute approximate surface area is 160 Å². The molecular formula is C16H11ClF3N3O5. The standard InChI is InChI=1S/C16H11ClF3N3O5/c17-8-1-3-12(21)10(5-8)15(25)28-7-14(24)22-13-4-2-9(23(26)27)6-11(13)16(18,19)20/h1-6H,7,21H2,(H,22,24). The number of benzene rings is 2. The Kier molecular flexibility index (Phi) is 6.09. The van der Waals surface area contributed by atoms with Crippen LogP contribution >= 0.6 is 11.6 Å². The van der Waals surface area contributed by atoms with Crippen LogP contribution in [0.1, 0.15) is 15.9 Å². The number of nitrogens with one attached hydrogen (secondary N) is 1. The Morgan fingerprint density at radius 2 is 1.89 bits per heavy atom. The predicted octanol–water partition coefficient (Wildman–Crippen LogP) is 3.64. The number of hydrogen-bond acceptors (Lipinski definition) is 6. The highest BCUT2D eigenvalue weighted by Crippen LogP contribution is 2.37. The number of nitro groups is 1. The van der Waals surface area contributed by atoms with Crippen molar-refractivity contribution in [3.63, 3.8) is 0 Å². The highest BCUT2D eigenvalue weighted by molar-refractivity contribution is 6.31. The molecule has 2 aromatic carbocycles. The molecule has 8 nitrogen and oxygen atoms in total. The number of ether oxygens (including phenoxy) is 1. The number of nitrogens with zero attached hydrogens (tertiary/aromatic N) is 1. The second-order valence-corrected chi connectivity index (χ2v) is 5.78. The van der Waals surface area contributed by atoms with Crippen LogP contribution in [0.25, 0.3) is 0 Å². The number of non-ortho nitro benzene ring substituents is 1. The molecule has 148 valence electrons. The van der Waals surface area contributed by atoms with Crippen LogP contribution in [0.5, 0.6) is 0 Å². The third-order valence-electron chi connectivity index (χ3n) is 3.36. The molecule has 0 saturated heterocycles. The van der Waals surface area contributed by atoms with Gasteiger partial charge in [0.1, 0.15) is 0 Å². The molecule has 2 rings (SSSR count). The Balaban J connectivity index is 2.12. The summed E-state index contributed by atoms with van der Waals surface area (Å²) < 4.78 is 43.9. The summed E-state index contributed by atoms with van der Waals surface area (Å²) in [5.41, 5.74) is 2.56. The van der Waals surface area contributed by atoms with Gasteiger partial charge in [0.05, 0.1) is 21.7 Å². The zero-order valence-corrected chi connectivity index (χ0v) is 14.5. The molecule has 12 heteroatoms. The highest BCUT2D eigenvalue weighted by Gasteiger charge is 2.35. The minimum atomic E-state index is -4.96. The molecule has 0 radical (unpaired) electrons. The smallest absolute Gasteiger partial charge is 0.418 e. The Morgan fingerprint density at radius 3 is 2.50 bits per heavy atom. The van der Waals surface area contributed by atoms with E-state index in [2.05, 4.69) is 0 Å². The number of anilines is 2. The first-order chi connectivity index (χ1) is 13.0. The number of amides is 1. The molecule has 0 spiro atoms. The van der Waals surface area contributed by atoms with E-state index in [1.807, 2.05) is 5.32 Å². The maximum absolute atomic E-state index is 13.1. The molecule has 0 aliphatic rings. The van der Waals surface area contributed by atoms with E-state index < -0.39 is 46.5 Å². The van der Waals surface area contributed by atoms with Gasteiger partial charge in [-0.2, -0.15) is 13.2 Å². The summed E-state index contributed by atoms with van der Waals surface area (Å²) in [6.07, 6.45) is -4.96. The number of esters is 1. The number of rotatable bonds is 5. The van der Waals surface area contributed by atoms with Gasteiger partial charge >= 0.3 is 12.1 Å². The van der Waals surface area contributed by atoms with E-state index in [-0.39, 0.29) is 22.3 Å². The number of alkyl halides is 3. The van der Waals surface area contributed by atoms with E-state index >= 15 is 0 Å². The minimum Gasteiger partial charge on any atom is -0.452 e. The summed E-state index contributed by atoms with van der Waals surface area (Å²) in [6, 6.07) is 5.78. The van der Waals surface area contributed by atoms with E-state index in [9.17, 15) is 32.9 Å². The van der Waals surface area contributed by atoms with E-state index in [0.717, 1.165) is 12.1 Å². The fourth-order valence-corrected chi connectivity index (χ4v) is 2.26. The molecule has 0 saturated carbocycles. The first-order valence-electron chi connectivity index (χ1n) is 7.36. The van der Waals surface area contributed by atoms with Crippen LogP contribution in [-0.2, 0) is 15.7 Å². The van der Waals surface area contributed by atoms with Crippen molar-refractivity contribution in [1.29, 1.82) is 0 Å². The summed E-state index contributed by atoms with van der Waals surface area (Å²) in [7, 11) is 0. The molecule has 2 aromatic rings. The first kappa shape index (κ1) is 21.0. The highest BCUT2D eigenvalue weighted by atomic mass is 35.5. The molecular weight excluding hydrogens is 407 g/mol. The summed E-state index contributed by atoms with van der Waals surface area (Å²) in [6.45, 7) is -0.918. The zero-order valence-electron chi connectivity index (χ0n) is 13.7. The lowest BCUT2D eigenvalue weighted by Crippen LogP contribution is -2.23. The number of carbonyl (C=O) groups is 2. The van der Waals surface area contributed by atoms with Gasteiger partial charge in [0.2, 0.25) is 0 Å². The van der Waals surface area contributed by atoms with Gasteiger partial charge in [-0.25, -0.2) is 4.79 Å². The van der Waals surface area contributed by atoms with Gasteiger partial charge < -0.3 is 15.8 Å². The minimum absolute atomic E-state index is 0.0320. The quantitative estimate of drug-likeness (QED) is 0.331. The summed E-state index contributed by atoms with van der Waals surface area (Å²) in [5.74, 6) is -2.09. The molecule has 3 N–H and O–H groups in total. The van der Waals surface area contributed by atoms with Crippen LogP contribution in [0.4, 0.5) is 30.2 Å². The van der Waals surface area contributed by atoms with Crippen molar-refractivity contribution in [3.8, 4) is 0 Å². The average molecular weight is 418 g/mol. The summed E-state index contributed by atoms with van der Waals surface area (Å²) in [5, 5.41) is 12.7. The Hall–Kier alpha value is -3.34. The van der Waals surface area contributed by atoms with Gasteiger partial charge in [0.15, 0.2) is 6.61 Å². The van der Waals surface area contributed by atoms with E-state index in [1.165, 1.54) is 18.2 Å². The van der Waals surface area contributed by atoms with Crippen molar-refractivity contribution in [2.75, 3.05) is 17.7 Å². The second-order valence-electron chi connectivity index (χ2n) is 5.34. The van der Waals surface area contributed by atoms with Gasteiger partial charge in [-0.3, -0.25) is 14.9 Å². The molecule has 0 fully saturated rings. The van der Waals surface area contributed by atoms with Crippen LogP contribution in [0.15, 0.2) is 36.4 Å². The molecule has 28 heavy (non-hydrogen) atoms. The lowest BCUT2D eigenvalue weighted by Gasteiger charge is -2.14. The number of halogens is 4. The van der Waals surface area contributed by atoms with Crippen molar-refractivity contribution >= 4 is 40.5 Å². The number of nitrogen functional groups attached to an aromatic ring is 1. The van der Waals surface area contributed by atoms with Crippen LogP contribution in [0.2, 0.25) is 5.02 Å². The number of carbonyl (C=O) groups excluding carboxylic acids is 2.